The van der Waals surface area contributed by atoms with Crippen LogP contribution in [0.5, 0.6) is 0 Å². The van der Waals surface area contributed by atoms with Gasteiger partial charge in [-0.05, 0) is 81.3 Å². The van der Waals surface area contributed by atoms with Crippen molar-refractivity contribution in [2.24, 2.45) is 10.8 Å². The van der Waals surface area contributed by atoms with Gasteiger partial charge in [0.1, 0.15) is 6.10 Å². The predicted molar refractivity (Wildman–Crippen MR) is 172 cm³/mol. The molecule has 43 heavy (non-hydrogen) atoms. The summed E-state index contributed by atoms with van der Waals surface area (Å²) in [5, 5.41) is 10.8. The molecule has 3 heteroatoms. The van der Waals surface area contributed by atoms with Crippen LogP contribution in [0, 0.1) is 10.8 Å². The van der Waals surface area contributed by atoms with Crippen molar-refractivity contribution in [2.75, 3.05) is 0 Å². The van der Waals surface area contributed by atoms with Crippen molar-refractivity contribution in [2.45, 2.75) is 58.7 Å². The summed E-state index contributed by atoms with van der Waals surface area (Å²) < 4.78 is 5.80. The van der Waals surface area contributed by atoms with E-state index >= 15 is 0 Å². The van der Waals surface area contributed by atoms with Gasteiger partial charge in [0.15, 0.2) is 0 Å². The summed E-state index contributed by atoms with van der Waals surface area (Å²) in [5.41, 5.74) is 12.4. The highest BCUT2D eigenvalue weighted by atomic mass is 16.5. The van der Waals surface area contributed by atoms with Crippen LogP contribution in [-0.4, -0.2) is 11.1 Å². The Bertz CT molecular complexity index is 1790. The van der Waals surface area contributed by atoms with Crippen LogP contribution in [-0.2, 0) is 35.2 Å². The minimum absolute atomic E-state index is 0.198. The molecule has 1 N–H and O–H groups in total. The van der Waals surface area contributed by atoms with E-state index in [0.717, 1.165) is 36.8 Å². The van der Waals surface area contributed by atoms with E-state index in [9.17, 15) is 9.90 Å². The molecule has 4 unspecified atom stereocenters. The monoisotopic (exact) mass is 566 g/mol. The van der Waals surface area contributed by atoms with Crippen molar-refractivity contribution in [3.8, 4) is 0 Å². The highest BCUT2D eigenvalue weighted by Crippen LogP contribution is 2.57. The van der Waals surface area contributed by atoms with Crippen LogP contribution in [0.2, 0.25) is 0 Å². The summed E-state index contributed by atoms with van der Waals surface area (Å²) >= 11 is 0. The van der Waals surface area contributed by atoms with Crippen molar-refractivity contribution < 1.29 is 14.6 Å². The fraction of sp³-hybridized carbons (Fsp3) is 0.275. The lowest BCUT2D eigenvalue weighted by Crippen LogP contribution is -2.27. The first-order chi connectivity index (χ1) is 20.8. The maximum atomic E-state index is 11.7. The maximum Gasteiger partial charge on any atom is 0.303 e. The minimum Gasteiger partial charge on any atom is -0.457 e. The number of carbonyl (C=O) groups excluding carboxylic acids is 1. The summed E-state index contributed by atoms with van der Waals surface area (Å²) in [5.74, 6) is -0.218. The third-order valence-corrected chi connectivity index (χ3v) is 10.2. The zero-order chi connectivity index (χ0) is 29.8. The number of benzene rings is 4. The van der Waals surface area contributed by atoms with Crippen LogP contribution in [0.4, 0.5) is 0 Å². The number of aliphatic hydroxyl groups is 1. The van der Waals surface area contributed by atoms with Gasteiger partial charge in [-0.15, -0.1) is 0 Å². The Labute approximate surface area is 254 Å². The van der Waals surface area contributed by atoms with E-state index in [2.05, 4.69) is 111 Å². The molecule has 0 bridgehead atoms. The molecule has 0 spiro atoms. The summed E-state index contributed by atoms with van der Waals surface area (Å²) in [7, 11) is 0. The van der Waals surface area contributed by atoms with Gasteiger partial charge in [0.05, 0.1) is 6.10 Å². The van der Waals surface area contributed by atoms with Crippen molar-refractivity contribution >= 4 is 17.1 Å². The number of rotatable bonds is 3. The molecular formula is C40H38O3. The Morgan fingerprint density at radius 2 is 1.09 bits per heavy atom. The van der Waals surface area contributed by atoms with E-state index in [0.29, 0.717) is 0 Å². The van der Waals surface area contributed by atoms with E-state index in [1.807, 2.05) is 12.1 Å². The normalized spacial score (nSPS) is 25.9. The quantitative estimate of drug-likeness (QED) is 0.253. The van der Waals surface area contributed by atoms with Gasteiger partial charge in [-0.25, -0.2) is 0 Å². The largest absolute Gasteiger partial charge is 0.457 e. The molecular weight excluding hydrogens is 528 g/mol. The van der Waals surface area contributed by atoms with Gasteiger partial charge in [-0.2, -0.15) is 0 Å². The predicted octanol–water partition coefficient (Wildman–Crippen LogP) is 8.42. The second kappa shape index (κ2) is 10.5. The maximum absolute atomic E-state index is 11.7. The average molecular weight is 567 g/mol. The fourth-order valence-electron chi connectivity index (χ4n) is 8.07. The molecule has 0 aromatic heterocycles. The Morgan fingerprint density at radius 1 is 0.651 bits per heavy atom. The first-order valence-electron chi connectivity index (χ1n) is 15.4. The van der Waals surface area contributed by atoms with E-state index in [1.54, 1.807) is 0 Å². The zero-order valence-corrected chi connectivity index (χ0v) is 25.1. The summed E-state index contributed by atoms with van der Waals surface area (Å²) in [6.45, 7) is 5.93. The second-order valence-electron chi connectivity index (χ2n) is 12.9. The molecule has 0 fully saturated rings. The summed E-state index contributed by atoms with van der Waals surface area (Å²) in [6.07, 6.45) is 7.78. The first kappa shape index (κ1) is 27.6. The van der Waals surface area contributed by atoms with Crippen LogP contribution in [0.1, 0.15) is 77.5 Å². The van der Waals surface area contributed by atoms with Gasteiger partial charge >= 0.3 is 5.97 Å². The lowest BCUT2D eigenvalue weighted by molar-refractivity contribution is -0.150. The first-order valence-corrected chi connectivity index (χ1v) is 15.4. The number of fused-ring (bicyclic) bond motifs is 4. The molecule has 3 nitrogen and oxygen atoms in total. The number of hydrogen-bond acceptors (Lipinski definition) is 3. The average Bonchev–Trinajstić information content (AvgIpc) is 3.77. The van der Waals surface area contributed by atoms with Crippen molar-refractivity contribution in [1.82, 2.24) is 0 Å². The number of esters is 1. The lowest BCUT2D eigenvalue weighted by atomic mass is 9.75. The van der Waals surface area contributed by atoms with Gasteiger partial charge < -0.3 is 9.84 Å². The SMILES string of the molecule is CC(=O)OC1c2ccccc2CC1(C)C1=CCc2ccccc21.CC1(C2=CCc3ccccc32)Cc2ccccc2C1O. The lowest BCUT2D eigenvalue weighted by Gasteiger charge is -2.33. The van der Waals surface area contributed by atoms with E-state index < -0.39 is 6.10 Å². The van der Waals surface area contributed by atoms with Crippen molar-refractivity contribution in [3.05, 3.63) is 154 Å². The van der Waals surface area contributed by atoms with Crippen LogP contribution in [0.15, 0.2) is 109 Å². The molecule has 0 radical (unpaired) electrons. The molecule has 4 aromatic rings. The highest BCUT2D eigenvalue weighted by Gasteiger charge is 2.49. The van der Waals surface area contributed by atoms with Crippen LogP contribution in [0.25, 0.3) is 11.1 Å². The van der Waals surface area contributed by atoms with E-state index in [4.69, 9.17) is 4.74 Å². The smallest absolute Gasteiger partial charge is 0.303 e. The highest BCUT2D eigenvalue weighted by molar-refractivity contribution is 5.80. The van der Waals surface area contributed by atoms with Gasteiger partial charge in [-0.3, -0.25) is 4.79 Å². The topological polar surface area (TPSA) is 46.5 Å². The van der Waals surface area contributed by atoms with E-state index in [-0.39, 0.29) is 22.9 Å². The standard InChI is InChI=1S/C21H20O2.C19H18O/c1-14(22)23-20-18-10-6-4-8-16(18)13-21(20,2)19-12-11-15-7-3-5-9-17(15)19;1-19(12-14-7-3-5-9-16(14)18(19)20)17-11-10-13-6-2-4-8-15(13)17/h3-10,12,20H,11,13H2,1-2H3;2-9,11,18,20H,10,12H2,1H3. The number of aliphatic hydroxyl groups excluding tert-OH is 1. The molecule has 4 atom stereocenters. The molecule has 0 saturated heterocycles. The molecule has 0 aliphatic heterocycles. The van der Waals surface area contributed by atoms with Gasteiger partial charge in [0.25, 0.3) is 0 Å². The number of allylic oxidation sites excluding steroid dienone is 2. The molecule has 4 aliphatic rings. The van der Waals surface area contributed by atoms with Gasteiger partial charge in [0, 0.05) is 17.8 Å². The van der Waals surface area contributed by atoms with Crippen molar-refractivity contribution in [1.29, 1.82) is 0 Å². The van der Waals surface area contributed by atoms with Crippen LogP contribution < -0.4 is 0 Å². The van der Waals surface area contributed by atoms with Crippen LogP contribution >= 0.6 is 0 Å². The molecule has 4 aromatic carbocycles. The summed E-state index contributed by atoms with van der Waals surface area (Å²) in [6, 6.07) is 33.7. The molecule has 0 amide bonds. The van der Waals surface area contributed by atoms with Gasteiger partial charge in [-0.1, -0.05) is 123 Å². The second-order valence-corrected chi connectivity index (χ2v) is 12.9. The van der Waals surface area contributed by atoms with Gasteiger partial charge in [0.2, 0.25) is 0 Å². The molecule has 0 heterocycles. The Kier molecular flexibility index (Phi) is 6.74. The third-order valence-electron chi connectivity index (χ3n) is 10.2. The molecule has 216 valence electrons. The molecule has 4 aliphatic carbocycles. The Morgan fingerprint density at radius 3 is 1.65 bits per heavy atom. The molecule has 8 rings (SSSR count). The summed E-state index contributed by atoms with van der Waals surface area (Å²) in [4.78, 5) is 11.7. The van der Waals surface area contributed by atoms with Crippen molar-refractivity contribution in [3.63, 3.8) is 0 Å². The fourth-order valence-corrected chi connectivity index (χ4v) is 8.07. The third kappa shape index (κ3) is 4.49. The molecule has 0 saturated carbocycles. The number of carbonyl (C=O) groups is 1. The number of ether oxygens (including phenoxy) is 1. The van der Waals surface area contributed by atoms with Crippen LogP contribution in [0.3, 0.4) is 0 Å². The number of hydrogen-bond donors (Lipinski definition) is 1. The zero-order valence-electron chi connectivity index (χ0n) is 25.1. The Hall–Kier alpha value is -4.21. The van der Waals surface area contributed by atoms with E-state index in [1.165, 1.54) is 51.5 Å². The Balaban J connectivity index is 0.000000141. The minimum atomic E-state index is -0.406.